The average Bonchev–Trinajstić information content (AvgIpc) is 3.45. The Morgan fingerprint density at radius 2 is 1.75 bits per heavy atom. The molecule has 3 aromatic carbocycles. The molecule has 2 aliphatic heterocycles. The largest absolute Gasteiger partial charge is 0.493 e. The van der Waals surface area contributed by atoms with Crippen molar-refractivity contribution in [1.82, 2.24) is 35.0 Å². The van der Waals surface area contributed by atoms with Crippen molar-refractivity contribution < 1.29 is 24.2 Å². The van der Waals surface area contributed by atoms with E-state index in [0.29, 0.717) is 108 Å². The van der Waals surface area contributed by atoms with E-state index in [1.807, 2.05) is 63.2 Å². The fraction of sp³-hybridized carbons (Fsp3) is 0.422. The van der Waals surface area contributed by atoms with Crippen molar-refractivity contribution in [3.63, 3.8) is 0 Å². The number of likely N-dealkylation sites (tertiary alicyclic amines) is 1. The van der Waals surface area contributed by atoms with Crippen molar-refractivity contribution in [2.24, 2.45) is 5.92 Å². The van der Waals surface area contributed by atoms with E-state index in [0.717, 1.165) is 18.5 Å². The lowest BCUT2D eigenvalue weighted by Crippen LogP contribution is -2.51. The lowest BCUT2D eigenvalue weighted by Gasteiger charge is -2.39. The smallest absolute Gasteiger partial charge is 0.261 e. The number of pyridine rings is 1. The number of carbonyl (C=O) groups excluding carboxylic acids is 3. The molecule has 1 atom stereocenters. The third-order valence-electron chi connectivity index (χ3n) is 11.4. The number of piperidine rings is 1. The average molecular weight is 822 g/mol. The summed E-state index contributed by atoms with van der Waals surface area (Å²) < 4.78 is 7.32. The number of aromatic nitrogens is 3. The van der Waals surface area contributed by atoms with Crippen LogP contribution in [0.1, 0.15) is 77.9 Å². The number of amides is 3. The first-order chi connectivity index (χ1) is 28.2. The van der Waals surface area contributed by atoms with Crippen LogP contribution in [0.25, 0.3) is 21.8 Å². The molecular weight excluding hydrogens is 770 g/mol. The van der Waals surface area contributed by atoms with Crippen LogP contribution in [-0.4, -0.2) is 99.6 Å². The molecule has 5 aromatic rings. The Bertz CT molecular complexity index is 2430. The summed E-state index contributed by atoms with van der Waals surface area (Å²) in [5, 5.41) is 18.9. The van der Waals surface area contributed by atoms with Gasteiger partial charge in [0, 0.05) is 49.1 Å². The first-order valence-corrected chi connectivity index (χ1v) is 20.7. The summed E-state index contributed by atoms with van der Waals surface area (Å²) in [6, 6.07) is 20.2. The fourth-order valence-electron chi connectivity index (χ4n) is 8.08. The quantitative estimate of drug-likeness (QED) is 0.119. The number of carbonyl (C=O) groups is 3. The zero-order valence-electron chi connectivity index (χ0n) is 34.1. The number of nitrogens with zero attached hydrogens (tertiary/aromatic N) is 5. The molecule has 7 rings (SSSR count). The van der Waals surface area contributed by atoms with E-state index in [2.05, 4.69) is 20.5 Å². The van der Waals surface area contributed by atoms with Gasteiger partial charge in [0.15, 0.2) is 0 Å². The summed E-state index contributed by atoms with van der Waals surface area (Å²) >= 11 is 6.64. The van der Waals surface area contributed by atoms with E-state index >= 15 is 0 Å². The van der Waals surface area contributed by atoms with Crippen molar-refractivity contribution >= 4 is 51.1 Å². The molecule has 59 heavy (non-hydrogen) atoms. The summed E-state index contributed by atoms with van der Waals surface area (Å²) in [4.78, 5) is 66.6. The third kappa shape index (κ3) is 9.43. The maximum atomic E-state index is 14.1. The van der Waals surface area contributed by atoms with Gasteiger partial charge in [-0.25, -0.2) is 9.97 Å². The topological polar surface area (TPSA) is 159 Å². The molecule has 0 aliphatic carbocycles. The predicted octanol–water partition coefficient (Wildman–Crippen LogP) is 5.33. The Kier molecular flexibility index (Phi) is 12.4. The molecule has 1 fully saturated rings. The zero-order valence-corrected chi connectivity index (χ0v) is 34.8. The second-order valence-corrected chi connectivity index (χ2v) is 17.0. The highest BCUT2D eigenvalue weighted by atomic mass is 35.5. The van der Waals surface area contributed by atoms with Crippen LogP contribution in [0, 0.1) is 5.92 Å². The highest BCUT2D eigenvalue weighted by Gasteiger charge is 2.39. The summed E-state index contributed by atoms with van der Waals surface area (Å²) in [6.07, 6.45) is 4.65. The molecule has 2 aromatic heterocycles. The van der Waals surface area contributed by atoms with Crippen molar-refractivity contribution in [3.05, 3.63) is 111 Å². The Balaban J connectivity index is 0.952. The van der Waals surface area contributed by atoms with E-state index in [9.17, 15) is 24.3 Å². The molecule has 0 radical (unpaired) electrons. The number of ether oxygens (including phenoxy) is 1. The number of hydrogen-bond acceptors (Lipinski definition) is 9. The predicted molar refractivity (Wildman–Crippen MR) is 228 cm³/mol. The first kappa shape index (κ1) is 41.8. The molecular formula is C45H52ClN7O6. The Morgan fingerprint density at radius 1 is 1.00 bits per heavy atom. The highest BCUT2D eigenvalue weighted by molar-refractivity contribution is 6.39. The van der Waals surface area contributed by atoms with Crippen LogP contribution in [0.3, 0.4) is 0 Å². The van der Waals surface area contributed by atoms with Gasteiger partial charge in [-0.1, -0.05) is 48.0 Å². The number of nitrogens with one attached hydrogen (secondary N) is 2. The second-order valence-electron chi connectivity index (χ2n) is 16.7. The zero-order chi connectivity index (χ0) is 41.9. The Labute approximate surface area is 348 Å². The van der Waals surface area contributed by atoms with Gasteiger partial charge in [0.1, 0.15) is 5.75 Å². The van der Waals surface area contributed by atoms with Crippen LogP contribution < -0.4 is 20.9 Å². The van der Waals surface area contributed by atoms with Crippen LogP contribution in [0.5, 0.6) is 5.75 Å². The minimum Gasteiger partial charge on any atom is -0.493 e. The van der Waals surface area contributed by atoms with Gasteiger partial charge in [-0.3, -0.25) is 23.7 Å². The van der Waals surface area contributed by atoms with Crippen LogP contribution in [0.4, 0.5) is 0 Å². The van der Waals surface area contributed by atoms with Gasteiger partial charge >= 0.3 is 0 Å². The molecule has 0 saturated carbocycles. The number of fused-ring (bicyclic) bond motifs is 3. The fourth-order valence-corrected chi connectivity index (χ4v) is 8.42. The van der Waals surface area contributed by atoms with Gasteiger partial charge in [-0.05, 0) is 96.3 Å². The van der Waals surface area contributed by atoms with E-state index in [4.69, 9.17) is 21.3 Å². The Hall–Kier alpha value is -5.37. The maximum absolute atomic E-state index is 14.1. The second kappa shape index (κ2) is 17.5. The van der Waals surface area contributed by atoms with Gasteiger partial charge in [0.25, 0.3) is 17.4 Å². The number of rotatable bonds is 15. The molecule has 1 saturated heterocycles. The normalized spacial score (nSPS) is 16.3. The number of halogens is 1. The van der Waals surface area contributed by atoms with Crippen molar-refractivity contribution in [3.8, 4) is 5.75 Å². The molecule has 310 valence electrons. The van der Waals surface area contributed by atoms with E-state index in [-0.39, 0.29) is 35.7 Å². The number of aliphatic hydroxyl groups is 1. The number of hydrogen-bond donors (Lipinski definition) is 3. The summed E-state index contributed by atoms with van der Waals surface area (Å²) in [7, 11) is 4.03. The van der Waals surface area contributed by atoms with Gasteiger partial charge in [-0.2, -0.15) is 0 Å². The monoisotopic (exact) mass is 821 g/mol. The molecule has 1 unspecified atom stereocenters. The van der Waals surface area contributed by atoms with Crippen molar-refractivity contribution in [1.29, 1.82) is 0 Å². The van der Waals surface area contributed by atoms with Gasteiger partial charge in [0.2, 0.25) is 5.91 Å². The van der Waals surface area contributed by atoms with Crippen LogP contribution in [0.2, 0.25) is 5.02 Å². The lowest BCUT2D eigenvalue weighted by molar-refractivity contribution is -0.140. The van der Waals surface area contributed by atoms with E-state index in [1.54, 1.807) is 36.4 Å². The third-order valence-corrected chi connectivity index (χ3v) is 11.8. The minimum absolute atomic E-state index is 0.00687. The Morgan fingerprint density at radius 3 is 2.49 bits per heavy atom. The molecule has 0 spiro atoms. The highest BCUT2D eigenvalue weighted by Crippen LogP contribution is 2.37. The standard InChI is InChI=1S/C45H52ClN7O6/c1-44(2)39-37(41(55)50-44)38(46)33-15-13-30(25-36(33)49-39)40(54)47-19-8-12-31(24-29-10-6-5-7-11-29)42(56)52-21-17-45(58,18-22-52)27-53-28-48-35-26-32(14-16-34(35)43(53)57)59-23-9-20-51(3)4/h5-7,10-11,13-16,25-26,28,31,58H,8-9,12,17-24,27H2,1-4H3,(H,47,54)(H,50,55). The minimum atomic E-state index is -1.18. The van der Waals surface area contributed by atoms with E-state index in [1.165, 1.54) is 10.9 Å². The molecule has 14 heteroatoms. The first-order valence-electron chi connectivity index (χ1n) is 20.3. The molecule has 2 aliphatic rings. The SMILES string of the molecule is CN(C)CCCOc1ccc2c(=O)n(CC3(O)CCN(C(=O)C(CCCNC(=O)c4ccc5c(Cl)c6c(nc5c4)C(C)(C)NC6=O)Cc4ccccc4)CC3)cnc2c1. The van der Waals surface area contributed by atoms with Gasteiger partial charge < -0.3 is 30.3 Å². The maximum Gasteiger partial charge on any atom is 0.261 e. The van der Waals surface area contributed by atoms with Crippen molar-refractivity contribution in [2.45, 2.75) is 70.1 Å². The van der Waals surface area contributed by atoms with Crippen LogP contribution in [0.15, 0.2) is 77.9 Å². The summed E-state index contributed by atoms with van der Waals surface area (Å²) in [5.41, 5.74) is 1.34. The van der Waals surface area contributed by atoms with E-state index < -0.39 is 11.1 Å². The summed E-state index contributed by atoms with van der Waals surface area (Å²) in [6.45, 7) is 6.33. The van der Waals surface area contributed by atoms with Crippen LogP contribution in [-0.2, 0) is 23.3 Å². The molecule has 4 heterocycles. The van der Waals surface area contributed by atoms with Crippen molar-refractivity contribution in [2.75, 3.05) is 46.9 Å². The van der Waals surface area contributed by atoms with Gasteiger partial charge in [-0.15, -0.1) is 0 Å². The molecule has 13 nitrogen and oxygen atoms in total. The lowest BCUT2D eigenvalue weighted by atomic mass is 9.88. The molecule has 3 amide bonds. The van der Waals surface area contributed by atoms with Gasteiger partial charge in [0.05, 0.1) is 63.3 Å². The molecule has 0 bridgehead atoms. The van der Waals surface area contributed by atoms with Crippen LogP contribution >= 0.6 is 11.6 Å². The summed E-state index contributed by atoms with van der Waals surface area (Å²) in [5.74, 6) is -0.207. The molecule has 3 N–H and O–H groups in total. The number of benzene rings is 3.